The first kappa shape index (κ1) is 18.2. The van der Waals surface area contributed by atoms with Crippen LogP contribution >= 0.6 is 11.6 Å². The van der Waals surface area contributed by atoms with Crippen LogP contribution in [0.3, 0.4) is 0 Å². The maximum Gasteiger partial charge on any atom is 0.252 e. The van der Waals surface area contributed by atoms with Crippen LogP contribution in [0.4, 0.5) is 0 Å². The third-order valence-corrected chi connectivity index (χ3v) is 4.83. The Labute approximate surface area is 153 Å². The van der Waals surface area contributed by atoms with Gasteiger partial charge in [-0.1, -0.05) is 24.9 Å². The van der Waals surface area contributed by atoms with Crippen LogP contribution in [0.2, 0.25) is 5.02 Å². The quantitative estimate of drug-likeness (QED) is 0.713. The summed E-state index contributed by atoms with van der Waals surface area (Å²) >= 11 is 6.16. The summed E-state index contributed by atoms with van der Waals surface area (Å²) < 4.78 is 5.54. The normalized spacial score (nSPS) is 13.2. The Morgan fingerprint density at radius 3 is 2.96 bits per heavy atom. The Balaban J connectivity index is 1.71. The number of amides is 1. The fourth-order valence-corrected chi connectivity index (χ4v) is 3.48. The number of nitrogens with zero attached hydrogens (tertiary/aromatic N) is 1. The maximum absolute atomic E-state index is 12.8. The second-order valence-corrected chi connectivity index (χ2v) is 6.94. The number of fused-ring (bicyclic) bond motifs is 2. The molecule has 1 aromatic heterocycles. The topological polar surface area (TPSA) is 51.2 Å². The first-order valence-electron chi connectivity index (χ1n) is 9.17. The summed E-state index contributed by atoms with van der Waals surface area (Å²) in [4.78, 5) is 17.6. The number of halogens is 1. The van der Waals surface area contributed by atoms with Gasteiger partial charge in [0.15, 0.2) is 0 Å². The summed E-state index contributed by atoms with van der Waals surface area (Å²) in [6, 6.07) is 5.58. The van der Waals surface area contributed by atoms with Gasteiger partial charge in [0.2, 0.25) is 0 Å². The van der Waals surface area contributed by atoms with Gasteiger partial charge >= 0.3 is 0 Å². The van der Waals surface area contributed by atoms with E-state index in [-0.39, 0.29) is 5.91 Å². The molecule has 1 N–H and O–H groups in total. The number of rotatable bonds is 8. The van der Waals surface area contributed by atoms with Gasteiger partial charge in [-0.25, -0.2) is 0 Å². The van der Waals surface area contributed by atoms with Gasteiger partial charge in [-0.15, -0.1) is 0 Å². The highest BCUT2D eigenvalue weighted by atomic mass is 35.5. The summed E-state index contributed by atoms with van der Waals surface area (Å²) in [5.41, 5.74) is 3.75. The molecule has 1 aliphatic rings. The number of carbonyl (C=O) groups is 1. The van der Waals surface area contributed by atoms with Crippen LogP contribution in [0.15, 0.2) is 18.2 Å². The van der Waals surface area contributed by atoms with Crippen molar-refractivity contribution in [2.45, 2.75) is 45.4 Å². The van der Waals surface area contributed by atoms with E-state index in [1.165, 1.54) is 0 Å². The molecule has 5 heteroatoms. The number of ether oxygens (including phenoxy) is 1. The molecular weight excluding hydrogens is 336 g/mol. The van der Waals surface area contributed by atoms with Gasteiger partial charge < -0.3 is 10.1 Å². The van der Waals surface area contributed by atoms with E-state index in [9.17, 15) is 4.79 Å². The van der Waals surface area contributed by atoms with E-state index >= 15 is 0 Å². The van der Waals surface area contributed by atoms with Crippen molar-refractivity contribution >= 4 is 28.4 Å². The van der Waals surface area contributed by atoms with Crippen molar-refractivity contribution < 1.29 is 9.53 Å². The largest absolute Gasteiger partial charge is 0.381 e. The third-order valence-electron chi connectivity index (χ3n) is 4.59. The second-order valence-electron chi connectivity index (χ2n) is 6.50. The van der Waals surface area contributed by atoms with E-state index in [1.54, 1.807) is 0 Å². The molecule has 1 heterocycles. The number of hydrogen-bond donors (Lipinski definition) is 1. The van der Waals surface area contributed by atoms with Gasteiger partial charge in [0.1, 0.15) is 0 Å². The monoisotopic (exact) mass is 360 g/mol. The van der Waals surface area contributed by atoms with Crippen LogP contribution < -0.4 is 5.32 Å². The van der Waals surface area contributed by atoms with E-state index in [1.807, 2.05) is 18.2 Å². The van der Waals surface area contributed by atoms with Gasteiger partial charge in [-0.05, 0) is 55.9 Å². The summed E-state index contributed by atoms with van der Waals surface area (Å²) in [7, 11) is 0. The number of aryl methyl sites for hydroxylation is 1. The first-order valence-corrected chi connectivity index (χ1v) is 9.55. The molecule has 0 unspecified atom stereocenters. The van der Waals surface area contributed by atoms with Gasteiger partial charge in [0, 0.05) is 35.9 Å². The number of aromatic nitrogens is 1. The van der Waals surface area contributed by atoms with Gasteiger partial charge in [-0.3, -0.25) is 9.78 Å². The molecule has 2 aromatic rings. The van der Waals surface area contributed by atoms with E-state index in [2.05, 4.69) is 12.2 Å². The van der Waals surface area contributed by atoms with E-state index in [0.717, 1.165) is 72.9 Å². The zero-order valence-electron chi connectivity index (χ0n) is 14.7. The molecule has 0 atom stereocenters. The van der Waals surface area contributed by atoms with Crippen molar-refractivity contribution in [2.24, 2.45) is 0 Å². The van der Waals surface area contributed by atoms with Crippen molar-refractivity contribution in [3.63, 3.8) is 0 Å². The molecule has 1 aromatic carbocycles. The molecule has 0 spiro atoms. The van der Waals surface area contributed by atoms with Crippen LogP contribution in [0.5, 0.6) is 0 Å². The molecule has 0 fully saturated rings. The zero-order valence-corrected chi connectivity index (χ0v) is 15.5. The molecule has 4 nitrogen and oxygen atoms in total. The standard InChI is InChI=1S/C20H25ClN2O2/c1-2-3-11-25-12-5-10-22-20(24)19-15-6-4-7-17(15)23-18-9-8-14(21)13-16(18)19/h8-9,13H,2-7,10-12H2,1H3,(H,22,24). The summed E-state index contributed by atoms with van der Waals surface area (Å²) in [5, 5.41) is 4.52. The van der Waals surface area contributed by atoms with Gasteiger partial charge in [-0.2, -0.15) is 0 Å². The van der Waals surface area contributed by atoms with Crippen molar-refractivity contribution in [3.8, 4) is 0 Å². The average molecular weight is 361 g/mol. The van der Waals surface area contributed by atoms with Crippen molar-refractivity contribution in [3.05, 3.63) is 40.0 Å². The van der Waals surface area contributed by atoms with E-state index in [4.69, 9.17) is 21.3 Å². The Morgan fingerprint density at radius 2 is 2.12 bits per heavy atom. The fourth-order valence-electron chi connectivity index (χ4n) is 3.31. The molecule has 0 radical (unpaired) electrons. The Morgan fingerprint density at radius 1 is 1.28 bits per heavy atom. The van der Waals surface area contributed by atoms with Crippen LogP contribution in [-0.4, -0.2) is 30.6 Å². The molecular formula is C20H25ClN2O2. The SMILES string of the molecule is CCCCOCCCNC(=O)c1c2c(nc3ccc(Cl)cc13)CCC2. The minimum atomic E-state index is -0.0265. The number of pyridine rings is 1. The van der Waals surface area contributed by atoms with E-state index in [0.29, 0.717) is 18.2 Å². The molecule has 0 aliphatic heterocycles. The number of carbonyl (C=O) groups excluding carboxylic acids is 1. The predicted octanol–water partition coefficient (Wildman–Crippen LogP) is 4.31. The lowest BCUT2D eigenvalue weighted by atomic mass is 10.0. The first-order chi connectivity index (χ1) is 12.2. The highest BCUT2D eigenvalue weighted by molar-refractivity contribution is 6.31. The van der Waals surface area contributed by atoms with E-state index < -0.39 is 0 Å². The minimum Gasteiger partial charge on any atom is -0.381 e. The second kappa shape index (κ2) is 8.63. The minimum absolute atomic E-state index is 0.0265. The third kappa shape index (κ3) is 4.31. The van der Waals surface area contributed by atoms with Gasteiger partial charge in [0.25, 0.3) is 5.91 Å². The molecule has 0 bridgehead atoms. The molecule has 1 amide bonds. The van der Waals surface area contributed by atoms with Crippen LogP contribution in [-0.2, 0) is 17.6 Å². The lowest BCUT2D eigenvalue weighted by molar-refractivity contribution is 0.0941. The molecule has 0 saturated carbocycles. The summed E-state index contributed by atoms with van der Waals surface area (Å²) in [6.07, 6.45) is 5.95. The molecule has 25 heavy (non-hydrogen) atoms. The highest BCUT2D eigenvalue weighted by Gasteiger charge is 2.23. The molecule has 3 rings (SSSR count). The Bertz CT molecular complexity index is 761. The summed E-state index contributed by atoms with van der Waals surface area (Å²) in [6.45, 7) is 4.24. The van der Waals surface area contributed by atoms with Crippen LogP contribution in [0, 0.1) is 0 Å². The Kier molecular flexibility index (Phi) is 6.27. The Hall–Kier alpha value is -1.65. The average Bonchev–Trinajstić information content (AvgIpc) is 3.06. The lowest BCUT2D eigenvalue weighted by Gasteiger charge is -2.13. The van der Waals surface area contributed by atoms with Crippen molar-refractivity contribution in [1.29, 1.82) is 0 Å². The van der Waals surface area contributed by atoms with Crippen LogP contribution in [0.1, 0.15) is 54.2 Å². The number of hydrogen-bond acceptors (Lipinski definition) is 3. The predicted molar refractivity (Wildman–Crippen MR) is 101 cm³/mol. The molecule has 134 valence electrons. The van der Waals surface area contributed by atoms with Crippen molar-refractivity contribution in [2.75, 3.05) is 19.8 Å². The lowest BCUT2D eigenvalue weighted by Crippen LogP contribution is -2.27. The van der Waals surface area contributed by atoms with Gasteiger partial charge in [0.05, 0.1) is 11.1 Å². The summed E-state index contributed by atoms with van der Waals surface area (Å²) in [5.74, 6) is -0.0265. The highest BCUT2D eigenvalue weighted by Crippen LogP contribution is 2.31. The number of unbranched alkanes of at least 4 members (excludes halogenated alkanes) is 1. The molecule has 1 aliphatic carbocycles. The number of benzene rings is 1. The smallest absolute Gasteiger partial charge is 0.252 e. The maximum atomic E-state index is 12.8. The fraction of sp³-hybridized carbons (Fsp3) is 0.500. The zero-order chi connectivity index (χ0) is 17.6. The number of nitrogens with one attached hydrogen (secondary N) is 1. The van der Waals surface area contributed by atoms with Crippen LogP contribution in [0.25, 0.3) is 10.9 Å². The molecule has 0 saturated heterocycles. The van der Waals surface area contributed by atoms with Crippen molar-refractivity contribution in [1.82, 2.24) is 10.3 Å².